The summed E-state index contributed by atoms with van der Waals surface area (Å²) in [5.74, 6) is -1.58. The lowest BCUT2D eigenvalue weighted by Crippen LogP contribution is -2.48. The lowest BCUT2D eigenvalue weighted by atomic mass is 10.1. The highest BCUT2D eigenvalue weighted by atomic mass is 35.5. The van der Waals surface area contributed by atoms with Crippen LogP contribution in [0.1, 0.15) is 19.8 Å². The average Bonchev–Trinajstić information content (AvgIpc) is 2.49. The predicted octanol–water partition coefficient (Wildman–Crippen LogP) is 1.24. The highest BCUT2D eigenvalue weighted by molar-refractivity contribution is 6.10. The Balaban J connectivity index is 0.00000264. The van der Waals surface area contributed by atoms with E-state index in [0.29, 0.717) is 24.2 Å². The molecule has 126 valence electrons. The fraction of sp³-hybridized carbons (Fsp3) is 0.400. The molecule has 8 heteroatoms. The first kappa shape index (κ1) is 18.9. The van der Waals surface area contributed by atoms with Gasteiger partial charge in [-0.3, -0.25) is 24.6 Å². The van der Waals surface area contributed by atoms with E-state index in [1.165, 1.54) is 4.90 Å². The van der Waals surface area contributed by atoms with Gasteiger partial charge in [-0.15, -0.1) is 12.4 Å². The Morgan fingerprint density at radius 1 is 1.39 bits per heavy atom. The van der Waals surface area contributed by atoms with Crippen molar-refractivity contribution in [2.75, 3.05) is 23.3 Å². The summed E-state index contributed by atoms with van der Waals surface area (Å²) in [6.45, 7) is 1.69. The lowest BCUT2D eigenvalue weighted by Gasteiger charge is -2.29. The molecule has 0 spiro atoms. The Hall–Kier alpha value is -2.12. The largest absolute Gasteiger partial charge is 0.480 e. The SMILES string of the molecule is CCCC(NCC(=O)N1CC(=O)Nc2ccccc21)C(=O)O.Cl. The zero-order chi connectivity index (χ0) is 16.1. The molecule has 2 rings (SSSR count). The first-order chi connectivity index (χ1) is 10.5. The van der Waals surface area contributed by atoms with E-state index in [0.717, 1.165) is 0 Å². The number of amides is 2. The molecule has 0 saturated carbocycles. The predicted molar refractivity (Wildman–Crippen MR) is 89.0 cm³/mol. The summed E-state index contributed by atoms with van der Waals surface area (Å²) in [4.78, 5) is 36.4. The monoisotopic (exact) mass is 341 g/mol. The molecule has 0 aliphatic carbocycles. The van der Waals surface area contributed by atoms with Crippen molar-refractivity contribution >= 4 is 41.6 Å². The van der Waals surface area contributed by atoms with E-state index in [2.05, 4.69) is 10.6 Å². The van der Waals surface area contributed by atoms with Crippen LogP contribution in [0.3, 0.4) is 0 Å². The summed E-state index contributed by atoms with van der Waals surface area (Å²) in [7, 11) is 0. The minimum Gasteiger partial charge on any atom is -0.480 e. The summed E-state index contributed by atoms with van der Waals surface area (Å²) in [5, 5.41) is 14.5. The van der Waals surface area contributed by atoms with Crippen molar-refractivity contribution in [3.63, 3.8) is 0 Å². The number of rotatable bonds is 6. The molecule has 1 aromatic carbocycles. The highest BCUT2D eigenvalue weighted by Crippen LogP contribution is 2.28. The van der Waals surface area contributed by atoms with E-state index in [4.69, 9.17) is 5.11 Å². The molecule has 0 fully saturated rings. The van der Waals surface area contributed by atoms with Crippen molar-refractivity contribution in [2.24, 2.45) is 0 Å². The van der Waals surface area contributed by atoms with Gasteiger partial charge in [-0.25, -0.2) is 0 Å². The summed E-state index contributed by atoms with van der Waals surface area (Å²) in [5.41, 5.74) is 1.20. The zero-order valence-corrected chi connectivity index (χ0v) is 13.6. The molecule has 0 aromatic heterocycles. The van der Waals surface area contributed by atoms with Gasteiger partial charge >= 0.3 is 5.97 Å². The third-order valence-electron chi connectivity index (χ3n) is 3.45. The first-order valence-electron chi connectivity index (χ1n) is 7.18. The Labute approximate surface area is 140 Å². The molecule has 2 amide bonds. The Morgan fingerprint density at radius 3 is 2.74 bits per heavy atom. The number of fused-ring (bicyclic) bond motifs is 1. The second-order valence-electron chi connectivity index (χ2n) is 5.11. The summed E-state index contributed by atoms with van der Waals surface area (Å²) >= 11 is 0. The number of carbonyl (C=O) groups excluding carboxylic acids is 2. The third kappa shape index (κ3) is 4.67. The number of anilines is 2. The van der Waals surface area contributed by atoms with Crippen LogP contribution in [0, 0.1) is 0 Å². The van der Waals surface area contributed by atoms with Crippen LogP contribution in [0.15, 0.2) is 24.3 Å². The maximum atomic E-state index is 12.3. The number of carbonyl (C=O) groups is 3. The van der Waals surface area contributed by atoms with Gasteiger partial charge in [0.15, 0.2) is 0 Å². The fourth-order valence-electron chi connectivity index (χ4n) is 2.36. The van der Waals surface area contributed by atoms with E-state index >= 15 is 0 Å². The molecular weight excluding hydrogens is 322 g/mol. The molecule has 0 bridgehead atoms. The van der Waals surface area contributed by atoms with Gasteiger partial charge in [0, 0.05) is 0 Å². The molecule has 1 aromatic rings. The number of nitrogens with one attached hydrogen (secondary N) is 2. The molecular formula is C15H20ClN3O4. The maximum absolute atomic E-state index is 12.3. The molecule has 1 heterocycles. The third-order valence-corrected chi connectivity index (χ3v) is 3.45. The van der Waals surface area contributed by atoms with E-state index in [-0.39, 0.29) is 37.3 Å². The Bertz CT molecular complexity index is 594. The standard InChI is InChI=1S/C15H19N3O4.ClH/c1-2-5-11(15(21)22)16-8-14(20)18-9-13(19)17-10-6-3-4-7-12(10)18;/h3-4,6-7,11,16H,2,5,8-9H2,1H3,(H,17,19)(H,21,22);1H. The number of hydrogen-bond acceptors (Lipinski definition) is 4. The van der Waals surface area contributed by atoms with Gasteiger partial charge in [0.05, 0.1) is 17.9 Å². The first-order valence-corrected chi connectivity index (χ1v) is 7.18. The lowest BCUT2D eigenvalue weighted by molar-refractivity contribution is -0.139. The van der Waals surface area contributed by atoms with Crippen molar-refractivity contribution in [1.82, 2.24) is 5.32 Å². The Morgan fingerprint density at radius 2 is 2.09 bits per heavy atom. The smallest absolute Gasteiger partial charge is 0.320 e. The minimum atomic E-state index is -0.980. The normalized spacial score (nSPS) is 14.3. The molecule has 0 radical (unpaired) electrons. The second-order valence-corrected chi connectivity index (χ2v) is 5.11. The van der Waals surface area contributed by atoms with Gasteiger partial charge < -0.3 is 10.4 Å². The zero-order valence-electron chi connectivity index (χ0n) is 12.7. The molecule has 3 N–H and O–H groups in total. The fourth-order valence-corrected chi connectivity index (χ4v) is 2.36. The number of para-hydroxylation sites is 2. The van der Waals surface area contributed by atoms with Crippen LogP contribution in [0.25, 0.3) is 0 Å². The van der Waals surface area contributed by atoms with E-state index in [1.54, 1.807) is 24.3 Å². The maximum Gasteiger partial charge on any atom is 0.320 e. The Kier molecular flexibility index (Phi) is 6.99. The number of nitrogens with zero attached hydrogens (tertiary/aromatic N) is 1. The van der Waals surface area contributed by atoms with Crippen LogP contribution >= 0.6 is 12.4 Å². The summed E-state index contributed by atoms with van der Waals surface area (Å²) in [6, 6.07) is 6.25. The number of hydrogen-bond donors (Lipinski definition) is 3. The second kappa shape index (κ2) is 8.50. The van der Waals surface area contributed by atoms with Crippen LogP contribution in [0.5, 0.6) is 0 Å². The van der Waals surface area contributed by atoms with Gasteiger partial charge in [0.25, 0.3) is 0 Å². The van der Waals surface area contributed by atoms with Crippen LogP contribution in [-0.2, 0) is 14.4 Å². The van der Waals surface area contributed by atoms with E-state index < -0.39 is 12.0 Å². The van der Waals surface area contributed by atoms with Crippen molar-refractivity contribution in [2.45, 2.75) is 25.8 Å². The van der Waals surface area contributed by atoms with Gasteiger partial charge in [-0.2, -0.15) is 0 Å². The van der Waals surface area contributed by atoms with Gasteiger partial charge in [0.2, 0.25) is 11.8 Å². The van der Waals surface area contributed by atoms with Crippen molar-refractivity contribution in [1.29, 1.82) is 0 Å². The quantitative estimate of drug-likeness (QED) is 0.723. The molecule has 1 aliphatic heterocycles. The van der Waals surface area contributed by atoms with Crippen LogP contribution in [0.2, 0.25) is 0 Å². The molecule has 1 unspecified atom stereocenters. The average molecular weight is 342 g/mol. The van der Waals surface area contributed by atoms with Crippen molar-refractivity contribution in [3.8, 4) is 0 Å². The van der Waals surface area contributed by atoms with Crippen molar-refractivity contribution < 1.29 is 19.5 Å². The number of aliphatic carboxylic acids is 1. The van der Waals surface area contributed by atoms with E-state index in [9.17, 15) is 14.4 Å². The van der Waals surface area contributed by atoms with Crippen LogP contribution in [0.4, 0.5) is 11.4 Å². The van der Waals surface area contributed by atoms with Crippen LogP contribution in [-0.4, -0.2) is 42.0 Å². The number of carboxylic acid groups (broad SMARTS) is 1. The topological polar surface area (TPSA) is 98.7 Å². The van der Waals surface area contributed by atoms with Crippen molar-refractivity contribution in [3.05, 3.63) is 24.3 Å². The number of benzene rings is 1. The number of carboxylic acids is 1. The van der Waals surface area contributed by atoms with Gasteiger partial charge in [-0.1, -0.05) is 25.5 Å². The van der Waals surface area contributed by atoms with Gasteiger partial charge in [0.1, 0.15) is 12.6 Å². The molecule has 0 saturated heterocycles. The number of halogens is 1. The highest BCUT2D eigenvalue weighted by Gasteiger charge is 2.27. The molecule has 1 atom stereocenters. The molecule has 7 nitrogen and oxygen atoms in total. The summed E-state index contributed by atoms with van der Waals surface area (Å²) in [6.07, 6.45) is 1.15. The molecule has 23 heavy (non-hydrogen) atoms. The minimum absolute atomic E-state index is 0. The molecule has 1 aliphatic rings. The van der Waals surface area contributed by atoms with Crippen LogP contribution < -0.4 is 15.5 Å². The van der Waals surface area contributed by atoms with Gasteiger partial charge in [-0.05, 0) is 18.6 Å². The summed E-state index contributed by atoms with van der Waals surface area (Å²) < 4.78 is 0. The van der Waals surface area contributed by atoms with E-state index in [1.807, 2.05) is 6.92 Å².